The Hall–Kier alpha value is -0.370. The molecule has 0 bridgehead atoms. The van der Waals surface area contributed by atoms with Gasteiger partial charge < -0.3 is 4.48 Å². The van der Waals surface area contributed by atoms with Gasteiger partial charge in [0.2, 0.25) is 0 Å². The molecule has 1 atom stereocenters. The van der Waals surface area contributed by atoms with Gasteiger partial charge in [-0.2, -0.15) is 0 Å². The summed E-state index contributed by atoms with van der Waals surface area (Å²) in [7, 11) is 6.41. The monoisotopic (exact) mass is 368 g/mol. The SMILES string of the molecule is CCCCCCCCCCCCCCCCCC(=O)C(CC)[N+](C)(C)C. The van der Waals surface area contributed by atoms with Crippen LogP contribution in [0.2, 0.25) is 0 Å². The molecule has 0 aliphatic rings. The van der Waals surface area contributed by atoms with Crippen LogP contribution in [0.3, 0.4) is 0 Å². The Morgan fingerprint density at radius 1 is 0.615 bits per heavy atom. The number of nitrogens with zero attached hydrogens (tertiary/aromatic N) is 1. The highest BCUT2D eigenvalue weighted by Gasteiger charge is 2.28. The third-order valence-electron chi connectivity index (χ3n) is 5.72. The van der Waals surface area contributed by atoms with E-state index in [0.29, 0.717) is 5.78 Å². The Balaban J connectivity index is 3.35. The van der Waals surface area contributed by atoms with Gasteiger partial charge in [0.1, 0.15) is 6.04 Å². The zero-order valence-electron chi connectivity index (χ0n) is 19.0. The molecule has 26 heavy (non-hydrogen) atoms. The van der Waals surface area contributed by atoms with Gasteiger partial charge in [0.15, 0.2) is 5.78 Å². The van der Waals surface area contributed by atoms with Crippen molar-refractivity contribution in [3.63, 3.8) is 0 Å². The lowest BCUT2D eigenvalue weighted by molar-refractivity contribution is -0.886. The van der Waals surface area contributed by atoms with Crippen LogP contribution in [0.15, 0.2) is 0 Å². The van der Waals surface area contributed by atoms with Crippen LogP contribution in [0.4, 0.5) is 0 Å². The van der Waals surface area contributed by atoms with Crippen LogP contribution < -0.4 is 0 Å². The fraction of sp³-hybridized carbons (Fsp3) is 0.958. The fourth-order valence-electron chi connectivity index (χ4n) is 4.04. The van der Waals surface area contributed by atoms with E-state index in [-0.39, 0.29) is 6.04 Å². The van der Waals surface area contributed by atoms with Gasteiger partial charge in [0.25, 0.3) is 0 Å². The zero-order chi connectivity index (χ0) is 19.7. The van der Waals surface area contributed by atoms with Crippen LogP contribution in [0.25, 0.3) is 0 Å². The Labute approximate surface area is 165 Å². The van der Waals surface area contributed by atoms with Crippen molar-refractivity contribution in [2.75, 3.05) is 21.1 Å². The van der Waals surface area contributed by atoms with Crippen LogP contribution in [-0.4, -0.2) is 37.5 Å². The molecule has 156 valence electrons. The number of quaternary nitrogens is 1. The molecule has 0 radical (unpaired) electrons. The van der Waals surface area contributed by atoms with Gasteiger partial charge in [-0.1, -0.05) is 104 Å². The van der Waals surface area contributed by atoms with Crippen LogP contribution in [0.1, 0.15) is 123 Å². The van der Waals surface area contributed by atoms with E-state index >= 15 is 0 Å². The first-order valence-corrected chi connectivity index (χ1v) is 11.8. The van der Waals surface area contributed by atoms with Crippen molar-refractivity contribution >= 4 is 5.78 Å². The minimum absolute atomic E-state index is 0.182. The Morgan fingerprint density at radius 2 is 0.962 bits per heavy atom. The van der Waals surface area contributed by atoms with E-state index < -0.39 is 0 Å². The molecular weight excluding hydrogens is 318 g/mol. The summed E-state index contributed by atoms with van der Waals surface area (Å²) in [4.78, 5) is 12.3. The lowest BCUT2D eigenvalue weighted by Crippen LogP contribution is -2.49. The Morgan fingerprint density at radius 3 is 1.27 bits per heavy atom. The molecular formula is C24H50NO+. The quantitative estimate of drug-likeness (QED) is 0.173. The van der Waals surface area contributed by atoms with E-state index in [1.54, 1.807) is 0 Å². The number of likely N-dealkylation sites (N-methyl/N-ethyl adjacent to an activating group) is 1. The van der Waals surface area contributed by atoms with Crippen LogP contribution in [-0.2, 0) is 4.79 Å². The summed E-state index contributed by atoms with van der Waals surface area (Å²) in [6.07, 6.45) is 22.4. The lowest BCUT2D eigenvalue weighted by atomic mass is 10.00. The summed E-state index contributed by atoms with van der Waals surface area (Å²) >= 11 is 0. The molecule has 0 N–H and O–H groups in total. The minimum atomic E-state index is 0.182. The molecule has 1 unspecified atom stereocenters. The highest BCUT2D eigenvalue weighted by atomic mass is 16.1. The predicted molar refractivity (Wildman–Crippen MR) is 117 cm³/mol. The Kier molecular flexibility index (Phi) is 16.5. The van der Waals surface area contributed by atoms with Crippen molar-refractivity contribution in [3.05, 3.63) is 0 Å². The number of ketones is 1. The topological polar surface area (TPSA) is 17.1 Å². The largest absolute Gasteiger partial charge is 0.322 e. The van der Waals surface area contributed by atoms with Gasteiger partial charge in [-0.25, -0.2) is 0 Å². The van der Waals surface area contributed by atoms with E-state index in [1.807, 2.05) is 0 Å². The maximum absolute atomic E-state index is 12.3. The molecule has 0 saturated heterocycles. The molecule has 0 spiro atoms. The molecule has 0 rings (SSSR count). The predicted octanol–water partition coefficient (Wildman–Crippen LogP) is 7.30. The molecule has 0 aromatic carbocycles. The van der Waals surface area contributed by atoms with Gasteiger partial charge in [-0.15, -0.1) is 0 Å². The van der Waals surface area contributed by atoms with Crippen molar-refractivity contribution in [1.82, 2.24) is 0 Å². The number of unbranched alkanes of at least 4 members (excludes halogenated alkanes) is 14. The average Bonchev–Trinajstić information content (AvgIpc) is 2.57. The summed E-state index contributed by atoms with van der Waals surface area (Å²) in [5, 5.41) is 0. The molecule has 0 amide bonds. The molecule has 0 aliphatic carbocycles. The summed E-state index contributed by atoms with van der Waals surface area (Å²) in [6.45, 7) is 4.42. The fourth-order valence-corrected chi connectivity index (χ4v) is 4.04. The van der Waals surface area contributed by atoms with E-state index in [1.165, 1.54) is 89.9 Å². The molecule has 0 fully saturated rings. The summed E-state index contributed by atoms with van der Waals surface area (Å²) in [5.74, 6) is 0.467. The van der Waals surface area contributed by atoms with E-state index in [0.717, 1.165) is 23.7 Å². The van der Waals surface area contributed by atoms with Gasteiger partial charge in [-0.3, -0.25) is 4.79 Å². The normalized spacial score (nSPS) is 13.1. The van der Waals surface area contributed by atoms with E-state index in [4.69, 9.17) is 0 Å². The second kappa shape index (κ2) is 16.8. The molecule has 0 heterocycles. The number of hydrogen-bond donors (Lipinski definition) is 0. The first-order valence-electron chi connectivity index (χ1n) is 11.8. The van der Waals surface area contributed by atoms with Crippen LogP contribution >= 0.6 is 0 Å². The lowest BCUT2D eigenvalue weighted by Gasteiger charge is -2.32. The number of Topliss-reactive ketones (excluding diaryl/α,β-unsaturated/α-hetero) is 1. The van der Waals surface area contributed by atoms with Gasteiger partial charge in [0, 0.05) is 12.8 Å². The zero-order valence-corrected chi connectivity index (χ0v) is 19.0. The molecule has 2 heteroatoms. The first-order chi connectivity index (χ1) is 12.4. The second-order valence-corrected chi connectivity index (χ2v) is 9.21. The molecule has 2 nitrogen and oxygen atoms in total. The molecule has 0 aromatic heterocycles. The van der Waals surface area contributed by atoms with Crippen molar-refractivity contribution < 1.29 is 9.28 Å². The van der Waals surface area contributed by atoms with Crippen molar-refractivity contribution in [1.29, 1.82) is 0 Å². The van der Waals surface area contributed by atoms with Crippen molar-refractivity contribution in [2.45, 2.75) is 129 Å². The van der Waals surface area contributed by atoms with Gasteiger partial charge in [0.05, 0.1) is 21.1 Å². The van der Waals surface area contributed by atoms with E-state index in [9.17, 15) is 4.79 Å². The summed E-state index contributed by atoms with van der Waals surface area (Å²) in [6, 6.07) is 0.182. The maximum Gasteiger partial charge on any atom is 0.189 e. The third kappa shape index (κ3) is 14.8. The molecule has 0 aliphatic heterocycles. The smallest absolute Gasteiger partial charge is 0.189 e. The first kappa shape index (κ1) is 25.6. The molecule has 0 saturated carbocycles. The molecule has 0 aromatic rings. The number of rotatable bonds is 19. The Bertz CT molecular complexity index is 319. The van der Waals surface area contributed by atoms with Crippen LogP contribution in [0.5, 0.6) is 0 Å². The van der Waals surface area contributed by atoms with Gasteiger partial charge >= 0.3 is 0 Å². The average molecular weight is 369 g/mol. The minimum Gasteiger partial charge on any atom is -0.322 e. The summed E-state index contributed by atoms with van der Waals surface area (Å²) in [5.41, 5.74) is 0. The van der Waals surface area contributed by atoms with Crippen molar-refractivity contribution in [2.24, 2.45) is 0 Å². The van der Waals surface area contributed by atoms with E-state index in [2.05, 4.69) is 35.0 Å². The number of carbonyl (C=O) groups is 1. The number of carbonyl (C=O) groups excluding carboxylic acids is 1. The van der Waals surface area contributed by atoms with Crippen LogP contribution in [0, 0.1) is 0 Å². The van der Waals surface area contributed by atoms with Gasteiger partial charge in [-0.05, 0) is 6.42 Å². The van der Waals surface area contributed by atoms with Crippen molar-refractivity contribution in [3.8, 4) is 0 Å². The summed E-state index contributed by atoms with van der Waals surface area (Å²) < 4.78 is 0.772. The standard InChI is InChI=1S/C24H50NO/c1-6-8-9-10-11-12-13-14-15-16-17-18-19-20-21-22-24(26)23(7-2)25(3,4)5/h23H,6-22H2,1-5H3/q+1. The maximum atomic E-state index is 12.3. The third-order valence-corrected chi connectivity index (χ3v) is 5.72. The number of hydrogen-bond acceptors (Lipinski definition) is 1. The highest BCUT2D eigenvalue weighted by Crippen LogP contribution is 2.16. The highest BCUT2D eigenvalue weighted by molar-refractivity contribution is 5.82. The second-order valence-electron chi connectivity index (χ2n) is 9.21.